The van der Waals surface area contributed by atoms with E-state index in [0.717, 1.165) is 0 Å². The quantitative estimate of drug-likeness (QED) is 0.603. The van der Waals surface area contributed by atoms with Gasteiger partial charge in [-0.05, 0) is 6.92 Å². The maximum atomic E-state index is 11.5. The number of carbonyl (C=O) groups excluding carboxylic acids is 1. The number of carbonyl (C=O) groups is 2. The average molecular weight is 284 g/mol. The zero-order chi connectivity index (χ0) is 15.0. The summed E-state index contributed by atoms with van der Waals surface area (Å²) in [4.78, 5) is 29.6. The van der Waals surface area contributed by atoms with Crippen molar-refractivity contribution in [3.05, 3.63) is 11.8 Å². The van der Waals surface area contributed by atoms with Crippen molar-refractivity contribution in [2.75, 3.05) is 32.2 Å². The lowest BCUT2D eigenvalue weighted by Gasteiger charge is -2.08. The van der Waals surface area contributed by atoms with Crippen LogP contribution in [0, 0.1) is 6.92 Å². The molecule has 0 spiro atoms. The number of aryl methyl sites for hydroxylation is 1. The van der Waals surface area contributed by atoms with E-state index in [4.69, 9.17) is 14.6 Å². The van der Waals surface area contributed by atoms with Crippen LogP contribution in [0.25, 0.3) is 0 Å². The molecule has 0 aromatic carbocycles. The number of rotatable bonds is 7. The van der Waals surface area contributed by atoms with Crippen LogP contribution in [-0.2, 0) is 9.53 Å². The van der Waals surface area contributed by atoms with Gasteiger partial charge in [0.25, 0.3) is 0 Å². The Hall–Kier alpha value is -2.42. The first-order valence-electron chi connectivity index (χ1n) is 5.75. The lowest BCUT2D eigenvalue weighted by Crippen LogP contribution is -2.32. The maximum absolute atomic E-state index is 11.5. The van der Waals surface area contributed by atoms with Crippen molar-refractivity contribution >= 4 is 17.9 Å². The van der Waals surface area contributed by atoms with Crippen molar-refractivity contribution in [2.45, 2.75) is 6.92 Å². The summed E-state index contributed by atoms with van der Waals surface area (Å²) in [6, 6.07) is 1.11. The molecule has 3 N–H and O–H groups in total. The molecule has 0 aliphatic rings. The lowest BCUT2D eigenvalue weighted by atomic mass is 10.4. The number of anilines is 1. The number of urea groups is 1. The number of nitrogens with zero attached hydrogens (tertiary/aromatic N) is 2. The minimum Gasteiger partial charge on any atom is -0.481 e. The van der Waals surface area contributed by atoms with Gasteiger partial charge in [0.15, 0.2) is 0 Å². The number of hydrogen-bond donors (Lipinski definition) is 3. The Bertz CT molecular complexity index is 480. The fourth-order valence-corrected chi connectivity index (χ4v) is 1.24. The molecule has 0 bridgehead atoms. The number of carboxylic acids is 1. The fourth-order valence-electron chi connectivity index (χ4n) is 1.24. The molecule has 1 heterocycles. The summed E-state index contributed by atoms with van der Waals surface area (Å²) in [6.07, 6.45) is 0. The molecule has 1 aromatic rings. The van der Waals surface area contributed by atoms with Crippen molar-refractivity contribution in [1.29, 1.82) is 0 Å². The van der Waals surface area contributed by atoms with Gasteiger partial charge >= 0.3 is 12.0 Å². The van der Waals surface area contributed by atoms with Gasteiger partial charge in [0.1, 0.15) is 6.61 Å². The third-order valence-electron chi connectivity index (χ3n) is 2.02. The Kier molecular flexibility index (Phi) is 6.17. The molecule has 1 aromatic heterocycles. The Morgan fingerprint density at radius 2 is 2.15 bits per heavy atom. The van der Waals surface area contributed by atoms with E-state index in [0.29, 0.717) is 11.6 Å². The fraction of sp³-hybridized carbons (Fsp3) is 0.455. The Labute approximate surface area is 115 Å². The van der Waals surface area contributed by atoms with Crippen LogP contribution < -0.4 is 15.4 Å². The number of hydrogen-bond acceptors (Lipinski definition) is 6. The zero-order valence-electron chi connectivity index (χ0n) is 11.2. The van der Waals surface area contributed by atoms with E-state index in [9.17, 15) is 9.59 Å². The molecule has 0 aliphatic carbocycles. The predicted octanol–water partition coefficient (Wildman–Crippen LogP) is 0.0163. The van der Waals surface area contributed by atoms with Gasteiger partial charge < -0.3 is 19.9 Å². The van der Waals surface area contributed by atoms with E-state index < -0.39 is 18.6 Å². The molecule has 9 heteroatoms. The molecule has 0 fully saturated rings. The Morgan fingerprint density at radius 3 is 2.80 bits per heavy atom. The number of ether oxygens (including phenoxy) is 2. The largest absolute Gasteiger partial charge is 0.481 e. The minimum atomic E-state index is -1.06. The SMILES string of the molecule is COc1cc(C)nc(NC(=O)NCCOCC(=O)O)n1. The molecule has 1 rings (SSSR count). The van der Waals surface area contributed by atoms with Crippen LogP contribution in [0.1, 0.15) is 5.69 Å². The third kappa shape index (κ3) is 5.96. The Balaban J connectivity index is 2.35. The van der Waals surface area contributed by atoms with Crippen molar-refractivity contribution in [1.82, 2.24) is 15.3 Å². The second kappa shape index (κ2) is 7.89. The van der Waals surface area contributed by atoms with Crippen molar-refractivity contribution in [3.8, 4) is 5.88 Å². The summed E-state index contributed by atoms with van der Waals surface area (Å²) in [5.74, 6) is -0.599. The van der Waals surface area contributed by atoms with E-state index in [-0.39, 0.29) is 19.1 Å². The second-order valence-electron chi connectivity index (χ2n) is 3.70. The van der Waals surface area contributed by atoms with E-state index in [1.807, 2.05) is 0 Å². The van der Waals surface area contributed by atoms with Crippen molar-refractivity contribution in [2.24, 2.45) is 0 Å². The molecular formula is C11H16N4O5. The first-order chi connectivity index (χ1) is 9.51. The topological polar surface area (TPSA) is 123 Å². The highest BCUT2D eigenvalue weighted by Crippen LogP contribution is 2.10. The van der Waals surface area contributed by atoms with E-state index in [1.165, 1.54) is 7.11 Å². The zero-order valence-corrected chi connectivity index (χ0v) is 11.2. The number of amides is 2. The number of aromatic nitrogens is 2. The molecule has 110 valence electrons. The first-order valence-corrected chi connectivity index (χ1v) is 5.75. The number of aliphatic carboxylic acids is 1. The number of methoxy groups -OCH3 is 1. The molecule has 2 amide bonds. The first kappa shape index (κ1) is 15.6. The summed E-state index contributed by atoms with van der Waals surface area (Å²) in [7, 11) is 1.46. The number of carboxylic acid groups (broad SMARTS) is 1. The minimum absolute atomic E-state index is 0.0950. The van der Waals surface area contributed by atoms with Gasteiger partial charge in [-0.1, -0.05) is 0 Å². The lowest BCUT2D eigenvalue weighted by molar-refractivity contribution is -0.142. The van der Waals surface area contributed by atoms with Crippen LogP contribution in [0.3, 0.4) is 0 Å². The van der Waals surface area contributed by atoms with Crippen LogP contribution in [0.2, 0.25) is 0 Å². The highest BCUT2D eigenvalue weighted by atomic mass is 16.5. The van der Waals surface area contributed by atoms with Crippen molar-refractivity contribution in [3.63, 3.8) is 0 Å². The summed E-state index contributed by atoms with van der Waals surface area (Å²) in [5, 5.41) is 13.2. The molecule has 0 saturated carbocycles. The summed E-state index contributed by atoms with van der Waals surface area (Å²) in [6.45, 7) is 1.61. The standard InChI is InChI=1S/C11H16N4O5/c1-7-5-8(19-2)14-10(13-7)15-11(18)12-3-4-20-6-9(16)17/h5H,3-4,6H2,1-2H3,(H,16,17)(H2,12,13,14,15,18). The van der Waals surface area contributed by atoms with Gasteiger partial charge in [-0.15, -0.1) is 0 Å². The van der Waals surface area contributed by atoms with Gasteiger partial charge in [-0.2, -0.15) is 4.98 Å². The Morgan fingerprint density at radius 1 is 1.40 bits per heavy atom. The van der Waals surface area contributed by atoms with E-state index in [2.05, 4.69) is 20.6 Å². The number of nitrogens with one attached hydrogen (secondary N) is 2. The smallest absolute Gasteiger partial charge is 0.329 e. The van der Waals surface area contributed by atoms with Gasteiger partial charge in [0.2, 0.25) is 11.8 Å². The maximum Gasteiger partial charge on any atom is 0.329 e. The molecule has 0 aliphatic heterocycles. The van der Waals surface area contributed by atoms with Crippen LogP contribution in [0.4, 0.5) is 10.7 Å². The van der Waals surface area contributed by atoms with Crippen LogP contribution in [-0.4, -0.2) is 53.9 Å². The van der Waals surface area contributed by atoms with Gasteiger partial charge in [0, 0.05) is 18.3 Å². The highest BCUT2D eigenvalue weighted by Gasteiger charge is 2.06. The van der Waals surface area contributed by atoms with Gasteiger partial charge in [0.05, 0.1) is 13.7 Å². The predicted molar refractivity (Wildman–Crippen MR) is 68.8 cm³/mol. The van der Waals surface area contributed by atoms with Gasteiger partial charge in [-0.25, -0.2) is 14.6 Å². The van der Waals surface area contributed by atoms with Gasteiger partial charge in [-0.3, -0.25) is 5.32 Å². The highest BCUT2D eigenvalue weighted by molar-refractivity contribution is 5.87. The van der Waals surface area contributed by atoms with E-state index in [1.54, 1.807) is 13.0 Å². The third-order valence-corrected chi connectivity index (χ3v) is 2.02. The van der Waals surface area contributed by atoms with Crippen LogP contribution in [0.5, 0.6) is 5.88 Å². The van der Waals surface area contributed by atoms with Crippen molar-refractivity contribution < 1.29 is 24.2 Å². The molecule has 0 atom stereocenters. The summed E-state index contributed by atoms with van der Waals surface area (Å²) in [5.41, 5.74) is 0.650. The molecule has 20 heavy (non-hydrogen) atoms. The molecule has 0 saturated heterocycles. The van der Waals surface area contributed by atoms with E-state index >= 15 is 0 Å². The van der Waals surface area contributed by atoms with Crippen LogP contribution in [0.15, 0.2) is 6.07 Å². The normalized spacial score (nSPS) is 9.90. The monoisotopic (exact) mass is 284 g/mol. The second-order valence-corrected chi connectivity index (χ2v) is 3.70. The molecular weight excluding hydrogens is 268 g/mol. The molecule has 0 radical (unpaired) electrons. The van der Waals surface area contributed by atoms with Crippen LogP contribution >= 0.6 is 0 Å². The summed E-state index contributed by atoms with van der Waals surface area (Å²) < 4.78 is 9.71. The molecule has 0 unspecified atom stereocenters. The summed E-state index contributed by atoms with van der Waals surface area (Å²) >= 11 is 0. The molecule has 9 nitrogen and oxygen atoms in total. The average Bonchev–Trinajstić information content (AvgIpc) is 2.37.